The van der Waals surface area contributed by atoms with Crippen LogP contribution >= 0.6 is 0 Å². The molecule has 0 aromatic carbocycles. The Morgan fingerprint density at radius 2 is 1.66 bits per heavy atom. The molecule has 5 aliphatic carbocycles. The minimum atomic E-state index is -0.797. The molecule has 210 valence electrons. The zero-order valence-electron chi connectivity index (χ0n) is 23.0. The van der Waals surface area contributed by atoms with Gasteiger partial charge in [-0.25, -0.2) is 5.48 Å². The number of rotatable bonds is 2. The third-order valence-electron chi connectivity index (χ3n) is 11.5. The van der Waals surface area contributed by atoms with Gasteiger partial charge in [0, 0.05) is 17.3 Å². The second kappa shape index (κ2) is 9.14. The summed E-state index contributed by atoms with van der Waals surface area (Å²) < 4.78 is 5.35. The molecule has 0 spiro atoms. The van der Waals surface area contributed by atoms with Gasteiger partial charge in [-0.15, -0.1) is 0 Å². The van der Waals surface area contributed by atoms with E-state index in [-0.39, 0.29) is 65.0 Å². The lowest BCUT2D eigenvalue weighted by molar-refractivity contribution is -0.177. The van der Waals surface area contributed by atoms with Crippen LogP contribution in [0.3, 0.4) is 0 Å². The van der Waals surface area contributed by atoms with Gasteiger partial charge in [0.1, 0.15) is 0 Å². The molecule has 0 radical (unpaired) electrons. The van der Waals surface area contributed by atoms with Crippen molar-refractivity contribution < 1.29 is 29.1 Å². The maximum absolute atomic E-state index is 14.1. The van der Waals surface area contributed by atoms with E-state index in [4.69, 9.17) is 4.74 Å². The molecule has 0 aliphatic heterocycles. The molecule has 0 aromatic rings. The van der Waals surface area contributed by atoms with E-state index >= 15 is 0 Å². The SMILES string of the molecule is C.COC(=O)C12CCC3C(C(=O)C=C4C5(C)C=C(C(=O)NO)C(=O)C(C)C5CCC43C)C1CC(C)(C)CC2. The fraction of sp³-hybridized carbons (Fsp3) is 0.742. The number of allylic oxidation sites excluding steroid dienone is 3. The zero-order valence-corrected chi connectivity index (χ0v) is 23.0. The monoisotopic (exact) mass is 527 g/mol. The van der Waals surface area contributed by atoms with Crippen molar-refractivity contribution in [1.82, 2.24) is 5.48 Å². The van der Waals surface area contributed by atoms with Crippen molar-refractivity contribution in [2.75, 3.05) is 7.11 Å². The molecule has 8 atom stereocenters. The first-order valence-electron chi connectivity index (χ1n) is 13.8. The van der Waals surface area contributed by atoms with Crippen LogP contribution in [0.25, 0.3) is 0 Å². The van der Waals surface area contributed by atoms with Crippen LogP contribution in [0.2, 0.25) is 0 Å². The number of methoxy groups -OCH3 is 1. The molecular formula is C31H45NO6. The lowest BCUT2D eigenvalue weighted by Crippen LogP contribution is -2.61. The highest BCUT2D eigenvalue weighted by atomic mass is 16.5. The van der Waals surface area contributed by atoms with E-state index in [2.05, 4.69) is 20.8 Å². The van der Waals surface area contributed by atoms with Crippen molar-refractivity contribution in [1.29, 1.82) is 0 Å². The van der Waals surface area contributed by atoms with Crippen molar-refractivity contribution >= 4 is 23.4 Å². The van der Waals surface area contributed by atoms with Gasteiger partial charge in [-0.1, -0.05) is 53.7 Å². The molecule has 5 rings (SSSR count). The number of carbonyl (C=O) groups excluding carboxylic acids is 4. The highest BCUT2D eigenvalue weighted by Crippen LogP contribution is 2.69. The number of nitrogens with one attached hydrogen (secondary N) is 1. The van der Waals surface area contributed by atoms with E-state index in [1.54, 1.807) is 11.6 Å². The molecule has 2 N–H and O–H groups in total. The number of carbonyl (C=O) groups is 4. The summed E-state index contributed by atoms with van der Waals surface area (Å²) in [5.74, 6) is -1.79. The molecule has 0 bridgehead atoms. The number of ketones is 2. The maximum atomic E-state index is 14.1. The van der Waals surface area contributed by atoms with Crippen LogP contribution in [-0.2, 0) is 23.9 Å². The molecule has 0 saturated heterocycles. The predicted molar refractivity (Wildman–Crippen MR) is 143 cm³/mol. The molecule has 1 amide bonds. The zero-order chi connectivity index (χ0) is 27.1. The van der Waals surface area contributed by atoms with Crippen molar-refractivity contribution in [3.63, 3.8) is 0 Å². The summed E-state index contributed by atoms with van der Waals surface area (Å²) in [5.41, 5.74) is 1.11. The topological polar surface area (TPSA) is 110 Å². The van der Waals surface area contributed by atoms with Gasteiger partial charge < -0.3 is 4.74 Å². The van der Waals surface area contributed by atoms with Gasteiger partial charge in [0.2, 0.25) is 0 Å². The van der Waals surface area contributed by atoms with Gasteiger partial charge in [0.15, 0.2) is 11.6 Å². The minimum absolute atomic E-state index is 0. The third kappa shape index (κ3) is 3.70. The number of hydroxylamine groups is 1. The van der Waals surface area contributed by atoms with Crippen molar-refractivity contribution in [3.8, 4) is 0 Å². The van der Waals surface area contributed by atoms with Crippen LogP contribution < -0.4 is 5.48 Å². The Balaban J connectivity index is 0.00000336. The number of hydrogen-bond donors (Lipinski definition) is 2. The second-order valence-corrected chi connectivity index (χ2v) is 13.8. The first-order valence-corrected chi connectivity index (χ1v) is 13.8. The van der Waals surface area contributed by atoms with E-state index in [0.717, 1.165) is 50.5 Å². The fourth-order valence-electron chi connectivity index (χ4n) is 9.60. The van der Waals surface area contributed by atoms with E-state index < -0.39 is 22.7 Å². The number of fused-ring (bicyclic) bond motifs is 7. The third-order valence-corrected chi connectivity index (χ3v) is 11.5. The number of amides is 1. The Labute approximate surface area is 226 Å². The van der Waals surface area contributed by atoms with Gasteiger partial charge in [-0.2, -0.15) is 0 Å². The Morgan fingerprint density at radius 1 is 1.00 bits per heavy atom. The maximum Gasteiger partial charge on any atom is 0.312 e. The molecule has 7 heteroatoms. The second-order valence-electron chi connectivity index (χ2n) is 13.8. The molecule has 3 fully saturated rings. The minimum Gasteiger partial charge on any atom is -0.469 e. The lowest BCUT2D eigenvalue weighted by Gasteiger charge is -2.63. The van der Waals surface area contributed by atoms with Gasteiger partial charge in [-0.05, 0) is 79.6 Å². The van der Waals surface area contributed by atoms with Crippen LogP contribution in [0.15, 0.2) is 23.3 Å². The van der Waals surface area contributed by atoms with E-state index in [1.165, 1.54) is 7.11 Å². The Bertz CT molecular complexity index is 1140. The highest BCUT2D eigenvalue weighted by Gasteiger charge is 2.66. The molecule has 0 aromatic heterocycles. The summed E-state index contributed by atoms with van der Waals surface area (Å²) in [6, 6.07) is 0. The Morgan fingerprint density at radius 3 is 2.29 bits per heavy atom. The summed E-state index contributed by atoms with van der Waals surface area (Å²) in [7, 11) is 1.46. The number of Topliss-reactive ketones (excluding diaryl/α,β-unsaturated/α-hetero) is 1. The molecular weight excluding hydrogens is 482 g/mol. The van der Waals surface area contributed by atoms with Gasteiger partial charge >= 0.3 is 5.97 Å². The molecule has 5 aliphatic rings. The molecule has 8 unspecified atom stereocenters. The molecule has 3 saturated carbocycles. The first kappa shape index (κ1) is 28.7. The van der Waals surface area contributed by atoms with Gasteiger partial charge in [0.25, 0.3) is 5.91 Å². The summed E-state index contributed by atoms with van der Waals surface area (Å²) in [4.78, 5) is 52.9. The average Bonchev–Trinajstić information content (AvgIpc) is 2.85. The predicted octanol–water partition coefficient (Wildman–Crippen LogP) is 5.22. The van der Waals surface area contributed by atoms with Crippen molar-refractivity contribution in [2.45, 2.75) is 87.0 Å². The molecule has 7 nitrogen and oxygen atoms in total. The van der Waals surface area contributed by atoms with Crippen LogP contribution in [0.1, 0.15) is 87.0 Å². The number of esters is 1. The summed E-state index contributed by atoms with van der Waals surface area (Å²) in [6.07, 6.45) is 9.22. The summed E-state index contributed by atoms with van der Waals surface area (Å²) >= 11 is 0. The normalized spacial score (nSPS) is 43.1. The van der Waals surface area contributed by atoms with Gasteiger partial charge in [-0.3, -0.25) is 24.4 Å². The standard InChI is InChI=1S/C30H41NO6.CH4/c1-16-18-7-9-28(4)19-8-10-30(26(35)37-6)12-11-27(2,3)15-20(30)23(19)21(32)13-22(28)29(18,5)14-17(24(16)33)25(34)31-36;/h13-14,16,18-20,23,36H,7-12,15H2,1-6H3,(H,31,34);1H4. The lowest BCUT2D eigenvalue weighted by atomic mass is 9.39. The van der Waals surface area contributed by atoms with E-state index in [0.29, 0.717) is 0 Å². The van der Waals surface area contributed by atoms with Crippen LogP contribution in [0, 0.1) is 51.2 Å². The van der Waals surface area contributed by atoms with E-state index in [1.807, 2.05) is 19.9 Å². The largest absolute Gasteiger partial charge is 0.469 e. The first-order chi connectivity index (χ1) is 17.3. The van der Waals surface area contributed by atoms with Crippen LogP contribution in [0.5, 0.6) is 0 Å². The van der Waals surface area contributed by atoms with Crippen LogP contribution in [-0.4, -0.2) is 35.8 Å². The molecule has 0 heterocycles. The Kier molecular flexibility index (Phi) is 6.91. The summed E-state index contributed by atoms with van der Waals surface area (Å²) in [5, 5.41) is 9.29. The number of hydrogen-bond acceptors (Lipinski definition) is 6. The molecule has 38 heavy (non-hydrogen) atoms. The van der Waals surface area contributed by atoms with Gasteiger partial charge in [0.05, 0.1) is 18.1 Å². The van der Waals surface area contributed by atoms with Crippen molar-refractivity contribution in [3.05, 3.63) is 23.3 Å². The quantitative estimate of drug-likeness (QED) is 0.221. The fourth-order valence-corrected chi connectivity index (χ4v) is 9.60. The Hall–Kier alpha value is -2.28. The smallest absolute Gasteiger partial charge is 0.312 e. The van der Waals surface area contributed by atoms with E-state index in [9.17, 15) is 24.4 Å². The average molecular weight is 528 g/mol. The van der Waals surface area contributed by atoms with Crippen molar-refractivity contribution in [2.24, 2.45) is 51.2 Å². The number of ether oxygens (including phenoxy) is 1. The summed E-state index contributed by atoms with van der Waals surface area (Å²) in [6.45, 7) is 10.6. The van der Waals surface area contributed by atoms with Crippen LogP contribution in [0.4, 0.5) is 0 Å². The highest BCUT2D eigenvalue weighted by molar-refractivity contribution is 6.20.